The lowest BCUT2D eigenvalue weighted by Crippen LogP contribution is -2.37. The number of fused-ring (bicyclic) bond motifs is 1. The Bertz CT molecular complexity index is 568. The summed E-state index contributed by atoms with van der Waals surface area (Å²) in [7, 11) is 0. The quantitative estimate of drug-likeness (QED) is 0.793. The fourth-order valence-corrected chi connectivity index (χ4v) is 2.82. The number of nitriles is 1. The van der Waals surface area contributed by atoms with Crippen LogP contribution in [0, 0.1) is 11.3 Å². The molecule has 0 spiro atoms. The zero-order valence-electron chi connectivity index (χ0n) is 11.0. The molecule has 0 bridgehead atoms. The smallest absolute Gasteiger partial charge is 0.308 e. The predicted octanol–water partition coefficient (Wildman–Crippen LogP) is 1.97. The molecule has 0 saturated heterocycles. The molecule has 0 N–H and O–H groups in total. The van der Waals surface area contributed by atoms with Crippen LogP contribution in [-0.4, -0.2) is 30.3 Å². The Morgan fingerprint density at radius 1 is 1.55 bits per heavy atom. The summed E-state index contributed by atoms with van der Waals surface area (Å²) in [5.41, 5.74) is 0.829. The number of ether oxygens (including phenoxy) is 1. The normalized spacial score (nSPS) is 15.2. The first-order chi connectivity index (χ1) is 9.61. The van der Waals surface area contributed by atoms with E-state index in [4.69, 9.17) is 10.00 Å². The molecule has 1 aliphatic heterocycles. The molecule has 20 heavy (non-hydrogen) atoms. The molecule has 1 atom stereocenters. The summed E-state index contributed by atoms with van der Waals surface area (Å²) in [6.07, 6.45) is -0.682. The van der Waals surface area contributed by atoms with E-state index in [1.54, 1.807) is 4.90 Å². The predicted molar refractivity (Wildman–Crippen MR) is 75.3 cm³/mol. The van der Waals surface area contributed by atoms with E-state index in [0.717, 1.165) is 10.6 Å². The van der Waals surface area contributed by atoms with Crippen molar-refractivity contribution < 1.29 is 14.3 Å². The van der Waals surface area contributed by atoms with Gasteiger partial charge in [0, 0.05) is 11.4 Å². The van der Waals surface area contributed by atoms with Gasteiger partial charge in [-0.25, -0.2) is 0 Å². The molecule has 0 unspecified atom stereocenters. The number of carbonyl (C=O) groups excluding carboxylic acids is 2. The van der Waals surface area contributed by atoms with E-state index in [1.807, 2.05) is 30.3 Å². The second kappa shape index (κ2) is 6.44. The van der Waals surface area contributed by atoms with Gasteiger partial charge in [0.2, 0.25) is 5.91 Å². The van der Waals surface area contributed by atoms with Gasteiger partial charge in [0.25, 0.3) is 0 Å². The van der Waals surface area contributed by atoms with Crippen LogP contribution in [0.15, 0.2) is 29.2 Å². The Labute approximate surface area is 121 Å². The molecule has 6 heteroatoms. The molecule has 104 valence electrons. The van der Waals surface area contributed by atoms with E-state index >= 15 is 0 Å². The van der Waals surface area contributed by atoms with E-state index in [0.29, 0.717) is 5.75 Å². The summed E-state index contributed by atoms with van der Waals surface area (Å²) in [6, 6.07) is 9.43. The van der Waals surface area contributed by atoms with Crippen LogP contribution in [0.2, 0.25) is 0 Å². The highest BCUT2D eigenvalue weighted by molar-refractivity contribution is 8.00. The minimum absolute atomic E-state index is 0.0187. The maximum Gasteiger partial charge on any atom is 0.308 e. The Hall–Kier alpha value is -2.00. The molecule has 0 aromatic heterocycles. The van der Waals surface area contributed by atoms with Gasteiger partial charge < -0.3 is 9.64 Å². The Balaban J connectivity index is 2.01. The zero-order chi connectivity index (χ0) is 14.5. The van der Waals surface area contributed by atoms with Crippen LogP contribution in [0.5, 0.6) is 0 Å². The van der Waals surface area contributed by atoms with Crippen LogP contribution in [0.1, 0.15) is 13.3 Å². The molecule has 0 aliphatic carbocycles. The molecular formula is C14H14N2O3S. The Kier molecular flexibility index (Phi) is 4.64. The van der Waals surface area contributed by atoms with Gasteiger partial charge in [-0.05, 0) is 19.1 Å². The molecule has 5 nitrogen and oxygen atoms in total. The van der Waals surface area contributed by atoms with Crippen molar-refractivity contribution >= 4 is 29.3 Å². The number of rotatable bonds is 4. The van der Waals surface area contributed by atoms with Gasteiger partial charge in [-0.3, -0.25) is 9.59 Å². The topological polar surface area (TPSA) is 70.4 Å². The highest BCUT2D eigenvalue weighted by Crippen LogP contribution is 2.34. The fourth-order valence-electron chi connectivity index (χ4n) is 1.88. The van der Waals surface area contributed by atoms with Crippen molar-refractivity contribution in [3.8, 4) is 6.07 Å². The van der Waals surface area contributed by atoms with Crippen LogP contribution in [0.25, 0.3) is 0 Å². The molecule has 0 saturated carbocycles. The van der Waals surface area contributed by atoms with Gasteiger partial charge >= 0.3 is 5.97 Å². The first-order valence-corrected chi connectivity index (χ1v) is 7.21. The molecule has 1 amide bonds. The number of para-hydroxylation sites is 1. The standard InChI is InChI=1S/C14H14N2O3S/c1-10(8-15)19-14(18)6-7-16-11-4-2-3-5-12(11)20-9-13(16)17/h2-5,10H,6-7,9H2,1H3/t10-/m0/s1. The maximum atomic E-state index is 11.9. The molecule has 1 aromatic rings. The lowest BCUT2D eigenvalue weighted by molar-refractivity contribution is -0.145. The number of nitrogens with zero attached hydrogens (tertiary/aromatic N) is 2. The highest BCUT2D eigenvalue weighted by Gasteiger charge is 2.25. The Morgan fingerprint density at radius 3 is 3.05 bits per heavy atom. The molecule has 1 aliphatic rings. The van der Waals surface area contributed by atoms with Crippen molar-refractivity contribution in [2.75, 3.05) is 17.2 Å². The van der Waals surface area contributed by atoms with E-state index in [1.165, 1.54) is 18.7 Å². The third-order valence-corrected chi connectivity index (χ3v) is 3.89. The minimum atomic E-state index is -0.762. The maximum absolute atomic E-state index is 11.9. The van der Waals surface area contributed by atoms with Crippen molar-refractivity contribution in [3.05, 3.63) is 24.3 Å². The molecule has 0 radical (unpaired) electrons. The lowest BCUT2D eigenvalue weighted by Gasteiger charge is -2.28. The van der Waals surface area contributed by atoms with Gasteiger partial charge in [0.05, 0.1) is 17.9 Å². The number of thioether (sulfide) groups is 1. The van der Waals surface area contributed by atoms with Crippen LogP contribution in [0.4, 0.5) is 5.69 Å². The number of carbonyl (C=O) groups is 2. The fraction of sp³-hybridized carbons (Fsp3) is 0.357. The molecule has 2 rings (SSSR count). The van der Waals surface area contributed by atoms with Crippen molar-refractivity contribution in [1.82, 2.24) is 0 Å². The highest BCUT2D eigenvalue weighted by atomic mass is 32.2. The molecule has 0 fully saturated rings. The summed E-state index contributed by atoms with van der Waals surface area (Å²) in [4.78, 5) is 26.1. The van der Waals surface area contributed by atoms with Gasteiger partial charge in [-0.2, -0.15) is 5.26 Å². The SMILES string of the molecule is C[C@@H](C#N)OC(=O)CCN1C(=O)CSc2ccccc21. The van der Waals surface area contributed by atoms with Crippen LogP contribution < -0.4 is 4.90 Å². The number of hydrogen-bond donors (Lipinski definition) is 0. The second-order valence-electron chi connectivity index (χ2n) is 4.31. The van der Waals surface area contributed by atoms with Gasteiger partial charge in [-0.15, -0.1) is 11.8 Å². The summed E-state index contributed by atoms with van der Waals surface area (Å²) >= 11 is 1.50. The number of anilines is 1. The van der Waals surface area contributed by atoms with E-state index < -0.39 is 12.1 Å². The van der Waals surface area contributed by atoms with Crippen molar-refractivity contribution in [3.63, 3.8) is 0 Å². The average Bonchev–Trinajstić information content (AvgIpc) is 2.46. The van der Waals surface area contributed by atoms with E-state index in [2.05, 4.69) is 0 Å². The first-order valence-electron chi connectivity index (χ1n) is 6.23. The van der Waals surface area contributed by atoms with E-state index in [9.17, 15) is 9.59 Å². The monoisotopic (exact) mass is 290 g/mol. The van der Waals surface area contributed by atoms with Crippen molar-refractivity contribution in [2.24, 2.45) is 0 Å². The third kappa shape index (κ3) is 3.31. The first kappa shape index (κ1) is 14.4. The van der Waals surface area contributed by atoms with Crippen LogP contribution >= 0.6 is 11.8 Å². The number of amides is 1. The third-order valence-electron chi connectivity index (χ3n) is 2.84. The second-order valence-corrected chi connectivity index (χ2v) is 5.33. The largest absolute Gasteiger partial charge is 0.447 e. The summed E-state index contributed by atoms with van der Waals surface area (Å²) in [5.74, 6) is -0.113. The van der Waals surface area contributed by atoms with Gasteiger partial charge in [0.15, 0.2) is 6.10 Å². The Morgan fingerprint density at radius 2 is 2.30 bits per heavy atom. The van der Waals surface area contributed by atoms with Crippen LogP contribution in [0.3, 0.4) is 0 Å². The van der Waals surface area contributed by atoms with Crippen molar-refractivity contribution in [1.29, 1.82) is 5.26 Å². The van der Waals surface area contributed by atoms with E-state index in [-0.39, 0.29) is 18.9 Å². The number of esters is 1. The van der Waals surface area contributed by atoms with Gasteiger partial charge in [0.1, 0.15) is 6.07 Å². The number of hydrogen-bond acceptors (Lipinski definition) is 5. The lowest BCUT2D eigenvalue weighted by atomic mass is 10.2. The molecular weight excluding hydrogens is 276 g/mol. The zero-order valence-corrected chi connectivity index (χ0v) is 11.9. The van der Waals surface area contributed by atoms with Gasteiger partial charge in [-0.1, -0.05) is 12.1 Å². The molecule has 1 heterocycles. The minimum Gasteiger partial charge on any atom is -0.447 e. The number of benzene rings is 1. The average molecular weight is 290 g/mol. The van der Waals surface area contributed by atoms with Crippen molar-refractivity contribution in [2.45, 2.75) is 24.3 Å². The summed E-state index contributed by atoms with van der Waals surface area (Å²) in [6.45, 7) is 1.78. The molecule has 1 aromatic carbocycles. The van der Waals surface area contributed by atoms with Crippen LogP contribution in [-0.2, 0) is 14.3 Å². The summed E-state index contributed by atoms with van der Waals surface area (Å²) in [5, 5.41) is 8.58. The summed E-state index contributed by atoms with van der Waals surface area (Å²) < 4.78 is 4.87.